The van der Waals surface area contributed by atoms with Crippen LogP contribution < -0.4 is 10.6 Å². The number of pyridine rings is 1. The summed E-state index contributed by atoms with van der Waals surface area (Å²) in [6.45, 7) is 3.62. The number of hydrogen-bond donors (Lipinski definition) is 2. The summed E-state index contributed by atoms with van der Waals surface area (Å²) in [5.74, 6) is -0.0250. The molecule has 1 aliphatic heterocycles. The molecule has 2 heterocycles. The molecular weight excluding hydrogens is 214 g/mol. The zero-order chi connectivity index (χ0) is 12.1. The van der Waals surface area contributed by atoms with Gasteiger partial charge in [0.2, 0.25) is 0 Å². The van der Waals surface area contributed by atoms with Crippen LogP contribution in [-0.2, 0) is 0 Å². The summed E-state index contributed by atoms with van der Waals surface area (Å²) in [4.78, 5) is 16.0. The molecule has 0 radical (unpaired) electrons. The smallest absolute Gasteiger partial charge is 0.253 e. The molecule has 92 valence electrons. The van der Waals surface area contributed by atoms with Gasteiger partial charge in [0.15, 0.2) is 0 Å². The van der Waals surface area contributed by atoms with Crippen LogP contribution in [0.4, 0.5) is 0 Å². The Morgan fingerprint density at radius 1 is 1.59 bits per heavy atom. The Hall–Kier alpha value is -1.42. The molecule has 0 aliphatic carbocycles. The van der Waals surface area contributed by atoms with Crippen LogP contribution >= 0.6 is 0 Å². The lowest BCUT2D eigenvalue weighted by atomic mass is 10.0. The van der Waals surface area contributed by atoms with Crippen molar-refractivity contribution in [3.05, 3.63) is 29.6 Å². The van der Waals surface area contributed by atoms with Crippen molar-refractivity contribution in [1.82, 2.24) is 15.6 Å². The summed E-state index contributed by atoms with van der Waals surface area (Å²) >= 11 is 0. The molecule has 1 atom stereocenters. The number of nitrogens with one attached hydrogen (secondary N) is 2. The van der Waals surface area contributed by atoms with Crippen LogP contribution in [0.15, 0.2) is 18.3 Å². The van der Waals surface area contributed by atoms with E-state index >= 15 is 0 Å². The predicted molar refractivity (Wildman–Crippen MR) is 66.9 cm³/mol. The van der Waals surface area contributed by atoms with Gasteiger partial charge < -0.3 is 10.6 Å². The summed E-state index contributed by atoms with van der Waals surface area (Å²) in [5, 5.41) is 6.38. The third-order valence-electron chi connectivity index (χ3n) is 3.17. The van der Waals surface area contributed by atoms with E-state index in [0.29, 0.717) is 18.2 Å². The van der Waals surface area contributed by atoms with Crippen LogP contribution in [0.5, 0.6) is 0 Å². The van der Waals surface area contributed by atoms with E-state index in [4.69, 9.17) is 0 Å². The number of piperidine rings is 1. The maximum absolute atomic E-state index is 11.9. The molecule has 0 bridgehead atoms. The van der Waals surface area contributed by atoms with Gasteiger partial charge in [0.05, 0.1) is 5.56 Å². The molecule has 4 nitrogen and oxygen atoms in total. The Morgan fingerprint density at radius 3 is 3.18 bits per heavy atom. The molecule has 2 N–H and O–H groups in total. The van der Waals surface area contributed by atoms with E-state index in [1.165, 1.54) is 12.8 Å². The average Bonchev–Trinajstić information content (AvgIpc) is 2.38. The highest BCUT2D eigenvalue weighted by Crippen LogP contribution is 2.07. The fraction of sp³-hybridized carbons (Fsp3) is 0.538. The number of carbonyl (C=O) groups is 1. The number of nitrogens with zero attached hydrogens (tertiary/aromatic N) is 1. The first-order valence-corrected chi connectivity index (χ1v) is 6.20. The van der Waals surface area contributed by atoms with Gasteiger partial charge >= 0.3 is 0 Å². The highest BCUT2D eigenvalue weighted by Gasteiger charge is 2.14. The van der Waals surface area contributed by atoms with Gasteiger partial charge in [-0.1, -0.05) is 6.42 Å². The molecule has 0 spiro atoms. The van der Waals surface area contributed by atoms with Crippen molar-refractivity contribution >= 4 is 5.91 Å². The highest BCUT2D eigenvalue weighted by molar-refractivity contribution is 5.95. The van der Waals surface area contributed by atoms with Crippen molar-refractivity contribution in [2.75, 3.05) is 13.1 Å². The van der Waals surface area contributed by atoms with Crippen LogP contribution in [0.2, 0.25) is 0 Å². The Labute approximate surface area is 102 Å². The van der Waals surface area contributed by atoms with Gasteiger partial charge in [-0.25, -0.2) is 0 Å². The quantitative estimate of drug-likeness (QED) is 0.826. The first kappa shape index (κ1) is 12.0. The number of rotatable bonds is 3. The van der Waals surface area contributed by atoms with Crippen molar-refractivity contribution in [1.29, 1.82) is 0 Å². The minimum Gasteiger partial charge on any atom is -0.350 e. The van der Waals surface area contributed by atoms with Gasteiger partial charge in [-0.15, -0.1) is 0 Å². The Kier molecular flexibility index (Phi) is 4.09. The lowest BCUT2D eigenvalue weighted by Gasteiger charge is -2.23. The minimum atomic E-state index is -0.0250. The summed E-state index contributed by atoms with van der Waals surface area (Å²) in [7, 11) is 0. The molecule has 2 rings (SSSR count). The fourth-order valence-corrected chi connectivity index (χ4v) is 2.13. The average molecular weight is 233 g/mol. The molecule has 17 heavy (non-hydrogen) atoms. The summed E-state index contributed by atoms with van der Waals surface area (Å²) in [5.41, 5.74) is 1.45. The Morgan fingerprint density at radius 2 is 2.47 bits per heavy atom. The SMILES string of the molecule is Cc1ncccc1C(=O)NCC1CCCCN1. The highest BCUT2D eigenvalue weighted by atomic mass is 16.1. The van der Waals surface area contributed by atoms with Crippen LogP contribution in [0, 0.1) is 6.92 Å². The molecule has 1 unspecified atom stereocenters. The topological polar surface area (TPSA) is 54.0 Å². The van der Waals surface area contributed by atoms with Crippen LogP contribution in [0.1, 0.15) is 35.3 Å². The van der Waals surface area contributed by atoms with Crippen molar-refractivity contribution in [3.8, 4) is 0 Å². The summed E-state index contributed by atoms with van der Waals surface area (Å²) in [6.07, 6.45) is 5.34. The van der Waals surface area contributed by atoms with Gasteiger partial charge in [-0.2, -0.15) is 0 Å². The van der Waals surface area contributed by atoms with Crippen molar-refractivity contribution in [2.45, 2.75) is 32.2 Å². The molecule has 1 aliphatic rings. The number of carbonyl (C=O) groups excluding carboxylic acids is 1. The van der Waals surface area contributed by atoms with Gasteiger partial charge in [0, 0.05) is 24.5 Å². The van der Waals surface area contributed by atoms with Crippen molar-refractivity contribution in [3.63, 3.8) is 0 Å². The third kappa shape index (κ3) is 3.27. The largest absolute Gasteiger partial charge is 0.350 e. The monoisotopic (exact) mass is 233 g/mol. The number of hydrogen-bond acceptors (Lipinski definition) is 3. The van der Waals surface area contributed by atoms with E-state index in [1.54, 1.807) is 12.3 Å². The van der Waals surface area contributed by atoms with E-state index in [0.717, 1.165) is 18.7 Å². The lowest BCUT2D eigenvalue weighted by Crippen LogP contribution is -2.43. The molecule has 1 aromatic heterocycles. The lowest BCUT2D eigenvalue weighted by molar-refractivity contribution is 0.0946. The van der Waals surface area contributed by atoms with Gasteiger partial charge in [-0.3, -0.25) is 9.78 Å². The first-order valence-electron chi connectivity index (χ1n) is 6.20. The van der Waals surface area contributed by atoms with E-state index in [1.807, 2.05) is 13.0 Å². The number of amides is 1. The zero-order valence-corrected chi connectivity index (χ0v) is 10.2. The Bertz CT molecular complexity index is 386. The van der Waals surface area contributed by atoms with E-state index in [2.05, 4.69) is 15.6 Å². The number of aromatic nitrogens is 1. The van der Waals surface area contributed by atoms with Crippen LogP contribution in [0.3, 0.4) is 0 Å². The Balaban J connectivity index is 1.87. The molecular formula is C13H19N3O. The molecule has 0 saturated carbocycles. The maximum Gasteiger partial charge on any atom is 0.253 e. The molecule has 1 amide bonds. The van der Waals surface area contributed by atoms with E-state index in [-0.39, 0.29) is 5.91 Å². The van der Waals surface area contributed by atoms with E-state index < -0.39 is 0 Å². The second-order valence-corrected chi connectivity index (χ2v) is 4.49. The molecule has 1 saturated heterocycles. The molecule has 1 aromatic rings. The molecule has 4 heteroatoms. The van der Waals surface area contributed by atoms with Gasteiger partial charge in [0.25, 0.3) is 5.91 Å². The van der Waals surface area contributed by atoms with E-state index in [9.17, 15) is 4.79 Å². The molecule has 1 fully saturated rings. The second kappa shape index (κ2) is 5.77. The second-order valence-electron chi connectivity index (χ2n) is 4.49. The van der Waals surface area contributed by atoms with Crippen LogP contribution in [-0.4, -0.2) is 30.0 Å². The third-order valence-corrected chi connectivity index (χ3v) is 3.17. The van der Waals surface area contributed by atoms with Gasteiger partial charge in [0.1, 0.15) is 0 Å². The summed E-state index contributed by atoms with van der Waals surface area (Å²) in [6, 6.07) is 4.02. The van der Waals surface area contributed by atoms with Crippen molar-refractivity contribution < 1.29 is 4.79 Å². The first-order chi connectivity index (χ1) is 8.27. The standard InChI is InChI=1S/C13H19N3O/c1-10-12(6-4-8-14-10)13(17)16-9-11-5-2-3-7-15-11/h4,6,8,11,15H,2-3,5,7,9H2,1H3,(H,16,17). The fourth-order valence-electron chi connectivity index (χ4n) is 2.13. The molecule has 0 aromatic carbocycles. The number of aryl methyl sites for hydroxylation is 1. The van der Waals surface area contributed by atoms with Crippen molar-refractivity contribution in [2.24, 2.45) is 0 Å². The summed E-state index contributed by atoms with van der Waals surface area (Å²) < 4.78 is 0. The maximum atomic E-state index is 11.9. The predicted octanol–water partition coefficient (Wildman–Crippen LogP) is 1.26. The zero-order valence-electron chi connectivity index (χ0n) is 10.2. The van der Waals surface area contributed by atoms with Crippen LogP contribution in [0.25, 0.3) is 0 Å². The van der Waals surface area contributed by atoms with Gasteiger partial charge in [-0.05, 0) is 38.4 Å². The minimum absolute atomic E-state index is 0.0250. The normalized spacial score (nSPS) is 19.9.